The third-order valence-electron chi connectivity index (χ3n) is 5.01. The fourth-order valence-corrected chi connectivity index (χ4v) is 3.24. The summed E-state index contributed by atoms with van der Waals surface area (Å²) in [5, 5.41) is 5.07. The lowest BCUT2D eigenvalue weighted by Gasteiger charge is -2.14. The Morgan fingerprint density at radius 2 is 1.65 bits per heavy atom. The second kappa shape index (κ2) is 10.4. The van der Waals surface area contributed by atoms with E-state index in [9.17, 15) is 9.59 Å². The Morgan fingerprint density at radius 3 is 2.26 bits per heavy atom. The van der Waals surface area contributed by atoms with Crippen molar-refractivity contribution in [3.8, 4) is 17.2 Å². The molecule has 0 aliphatic rings. The van der Waals surface area contributed by atoms with Gasteiger partial charge in [-0.2, -0.15) is 0 Å². The first-order valence-corrected chi connectivity index (χ1v) is 10.2. The van der Waals surface area contributed by atoms with Crippen molar-refractivity contribution in [1.82, 2.24) is 15.6 Å². The number of nitrogens with zero attached hydrogens (tertiary/aromatic N) is 1. The molecule has 0 saturated carbocycles. The molecule has 3 rings (SSSR count). The van der Waals surface area contributed by atoms with Gasteiger partial charge in [0.1, 0.15) is 17.4 Å². The van der Waals surface area contributed by atoms with Crippen LogP contribution in [-0.2, 0) is 22.4 Å². The minimum absolute atomic E-state index is 0.308. The lowest BCUT2D eigenvalue weighted by molar-refractivity contribution is -0.134. The number of ether oxygens (including phenoxy) is 1. The van der Waals surface area contributed by atoms with Gasteiger partial charge in [0.05, 0.1) is 12.3 Å². The molecular formula is C24H27N3O4. The van der Waals surface area contributed by atoms with Gasteiger partial charge in [0.25, 0.3) is 0 Å². The third kappa shape index (κ3) is 5.72. The van der Waals surface area contributed by atoms with E-state index < -0.39 is 5.92 Å². The third-order valence-corrected chi connectivity index (χ3v) is 5.01. The number of nitrogens with one attached hydrogen (secondary N) is 2. The van der Waals surface area contributed by atoms with Gasteiger partial charge in [-0.25, -0.2) is 4.98 Å². The molecule has 31 heavy (non-hydrogen) atoms. The van der Waals surface area contributed by atoms with Gasteiger partial charge in [0.2, 0.25) is 17.7 Å². The molecule has 7 nitrogen and oxygen atoms in total. The van der Waals surface area contributed by atoms with Crippen LogP contribution in [0.3, 0.4) is 0 Å². The Balaban J connectivity index is 1.56. The Kier molecular flexibility index (Phi) is 7.43. The van der Waals surface area contributed by atoms with Gasteiger partial charge in [0, 0.05) is 26.1 Å². The summed E-state index contributed by atoms with van der Waals surface area (Å²) in [5.74, 6) is 0.724. The molecule has 0 radical (unpaired) electrons. The molecular weight excluding hydrogens is 394 g/mol. The summed E-state index contributed by atoms with van der Waals surface area (Å²) in [6, 6.07) is 17.2. The van der Waals surface area contributed by atoms with Gasteiger partial charge in [-0.15, -0.1) is 0 Å². The van der Waals surface area contributed by atoms with E-state index in [0.717, 1.165) is 22.6 Å². The van der Waals surface area contributed by atoms with Gasteiger partial charge < -0.3 is 19.8 Å². The quantitative estimate of drug-likeness (QED) is 0.518. The van der Waals surface area contributed by atoms with E-state index in [1.807, 2.05) is 61.5 Å². The van der Waals surface area contributed by atoms with Crippen LogP contribution in [-0.4, -0.2) is 37.5 Å². The second-order valence-corrected chi connectivity index (χ2v) is 7.12. The molecule has 162 valence electrons. The fraction of sp³-hybridized carbons (Fsp3) is 0.292. The Bertz CT molecular complexity index is 997. The van der Waals surface area contributed by atoms with Crippen LogP contribution >= 0.6 is 0 Å². The number of oxazole rings is 1. The normalized spacial score (nSPS) is 10.7. The van der Waals surface area contributed by atoms with Crippen molar-refractivity contribution in [3.63, 3.8) is 0 Å². The van der Waals surface area contributed by atoms with E-state index in [1.165, 1.54) is 14.1 Å². The van der Waals surface area contributed by atoms with E-state index in [-0.39, 0.29) is 11.8 Å². The number of aromatic nitrogens is 1. The molecule has 1 aromatic heterocycles. The average Bonchev–Trinajstić information content (AvgIpc) is 3.18. The lowest BCUT2D eigenvalue weighted by Crippen LogP contribution is -2.39. The van der Waals surface area contributed by atoms with E-state index in [4.69, 9.17) is 9.15 Å². The van der Waals surface area contributed by atoms with Crippen LogP contribution in [0.4, 0.5) is 0 Å². The molecule has 0 aliphatic carbocycles. The van der Waals surface area contributed by atoms with Crippen LogP contribution in [0.1, 0.15) is 17.0 Å². The summed E-state index contributed by atoms with van der Waals surface area (Å²) >= 11 is 0. The molecule has 1 heterocycles. The molecule has 0 fully saturated rings. The van der Waals surface area contributed by atoms with E-state index in [1.54, 1.807) is 0 Å². The maximum absolute atomic E-state index is 12.0. The fourth-order valence-electron chi connectivity index (χ4n) is 3.24. The highest BCUT2D eigenvalue weighted by molar-refractivity contribution is 6.00. The van der Waals surface area contributed by atoms with Crippen LogP contribution in [0.2, 0.25) is 0 Å². The molecule has 0 spiro atoms. The zero-order valence-corrected chi connectivity index (χ0v) is 18.0. The van der Waals surface area contributed by atoms with Crippen molar-refractivity contribution < 1.29 is 18.7 Å². The molecule has 2 aromatic carbocycles. The van der Waals surface area contributed by atoms with Gasteiger partial charge in [-0.05, 0) is 43.2 Å². The molecule has 0 saturated heterocycles. The molecule has 3 aromatic rings. The molecule has 2 amide bonds. The molecule has 2 N–H and O–H groups in total. The number of carbonyl (C=O) groups is 2. The van der Waals surface area contributed by atoms with Gasteiger partial charge in [0.15, 0.2) is 0 Å². The minimum Gasteiger partial charge on any atom is -0.493 e. The standard InChI is InChI=1S/C24H27N3O4/c1-16-21(27-24(31-16)18-7-5-4-6-8-18)13-14-30-19-11-9-17(10-12-19)15-20(22(28)25-2)23(29)26-3/h4-12,20H,13-15H2,1-3H3,(H,25,28)(H,26,29). The van der Waals surface area contributed by atoms with Gasteiger partial charge in [-0.1, -0.05) is 30.3 Å². The Hall–Kier alpha value is -3.61. The monoisotopic (exact) mass is 421 g/mol. The Labute approximate surface area is 181 Å². The predicted molar refractivity (Wildman–Crippen MR) is 118 cm³/mol. The number of benzene rings is 2. The summed E-state index contributed by atoms with van der Waals surface area (Å²) in [4.78, 5) is 28.5. The van der Waals surface area contributed by atoms with E-state index in [0.29, 0.717) is 31.1 Å². The second-order valence-electron chi connectivity index (χ2n) is 7.12. The maximum atomic E-state index is 12.0. The van der Waals surface area contributed by atoms with Crippen molar-refractivity contribution in [2.45, 2.75) is 19.8 Å². The number of amides is 2. The number of aryl methyl sites for hydroxylation is 1. The van der Waals surface area contributed by atoms with Crippen molar-refractivity contribution >= 4 is 11.8 Å². The first-order chi connectivity index (χ1) is 15.0. The van der Waals surface area contributed by atoms with Crippen LogP contribution in [0, 0.1) is 12.8 Å². The molecule has 0 atom stereocenters. The molecule has 0 aliphatic heterocycles. The zero-order chi connectivity index (χ0) is 22.2. The number of hydrogen-bond acceptors (Lipinski definition) is 5. The average molecular weight is 421 g/mol. The van der Waals surface area contributed by atoms with Crippen molar-refractivity contribution in [1.29, 1.82) is 0 Å². The van der Waals surface area contributed by atoms with Gasteiger partial charge >= 0.3 is 0 Å². The Morgan fingerprint density at radius 1 is 1.00 bits per heavy atom. The summed E-state index contributed by atoms with van der Waals surface area (Å²) in [6.45, 7) is 2.36. The lowest BCUT2D eigenvalue weighted by atomic mass is 9.97. The summed E-state index contributed by atoms with van der Waals surface area (Å²) in [7, 11) is 3.04. The number of carbonyl (C=O) groups excluding carboxylic acids is 2. The van der Waals surface area contributed by atoms with Crippen LogP contribution in [0.5, 0.6) is 5.75 Å². The maximum Gasteiger partial charge on any atom is 0.232 e. The summed E-state index contributed by atoms with van der Waals surface area (Å²) in [6.07, 6.45) is 0.944. The van der Waals surface area contributed by atoms with Crippen molar-refractivity contribution in [2.24, 2.45) is 5.92 Å². The highest BCUT2D eigenvalue weighted by atomic mass is 16.5. The largest absolute Gasteiger partial charge is 0.493 e. The number of hydrogen-bond donors (Lipinski definition) is 2. The van der Waals surface area contributed by atoms with Gasteiger partial charge in [-0.3, -0.25) is 9.59 Å². The highest BCUT2D eigenvalue weighted by Crippen LogP contribution is 2.22. The molecule has 7 heteroatoms. The van der Waals surface area contributed by atoms with Crippen molar-refractivity contribution in [2.75, 3.05) is 20.7 Å². The summed E-state index contributed by atoms with van der Waals surface area (Å²) in [5.41, 5.74) is 2.69. The first-order valence-electron chi connectivity index (χ1n) is 10.2. The first kappa shape index (κ1) is 22.1. The van der Waals surface area contributed by atoms with E-state index >= 15 is 0 Å². The summed E-state index contributed by atoms with van der Waals surface area (Å²) < 4.78 is 11.6. The smallest absolute Gasteiger partial charge is 0.232 e. The molecule has 0 bridgehead atoms. The highest BCUT2D eigenvalue weighted by Gasteiger charge is 2.25. The van der Waals surface area contributed by atoms with Crippen LogP contribution < -0.4 is 15.4 Å². The SMILES string of the molecule is CNC(=O)C(Cc1ccc(OCCc2nc(-c3ccccc3)oc2C)cc1)C(=O)NC. The van der Waals surface area contributed by atoms with Crippen LogP contribution in [0.15, 0.2) is 59.0 Å². The molecule has 0 unspecified atom stereocenters. The predicted octanol–water partition coefficient (Wildman–Crippen LogP) is 2.92. The number of rotatable bonds is 9. The van der Waals surface area contributed by atoms with Crippen molar-refractivity contribution in [3.05, 3.63) is 71.6 Å². The topological polar surface area (TPSA) is 93.5 Å². The minimum atomic E-state index is -0.768. The van der Waals surface area contributed by atoms with E-state index in [2.05, 4.69) is 15.6 Å². The van der Waals surface area contributed by atoms with Crippen LogP contribution in [0.25, 0.3) is 11.5 Å². The zero-order valence-electron chi connectivity index (χ0n) is 18.0.